The molecular formula is C13H9ClINOS. The Morgan fingerprint density at radius 3 is 2.61 bits per heavy atom. The molecule has 0 aliphatic rings. The molecule has 0 saturated heterocycles. The first-order valence-corrected chi connectivity index (χ1v) is 7.03. The quantitative estimate of drug-likeness (QED) is 0.575. The SMILES string of the molecule is O=C(Nc1ccc(Cl)cc1I)c1ccccc1S. The van der Waals surface area contributed by atoms with Gasteiger partial charge in [0.1, 0.15) is 0 Å². The van der Waals surface area contributed by atoms with Crippen molar-refractivity contribution in [1.29, 1.82) is 0 Å². The molecule has 5 heteroatoms. The van der Waals surface area contributed by atoms with Crippen molar-refractivity contribution >= 4 is 58.4 Å². The van der Waals surface area contributed by atoms with Crippen LogP contribution >= 0.6 is 46.8 Å². The van der Waals surface area contributed by atoms with E-state index in [0.29, 0.717) is 15.5 Å². The molecule has 0 radical (unpaired) electrons. The number of carbonyl (C=O) groups is 1. The Hall–Kier alpha value is -0.720. The van der Waals surface area contributed by atoms with Crippen molar-refractivity contribution in [3.63, 3.8) is 0 Å². The highest BCUT2D eigenvalue weighted by Gasteiger charge is 2.10. The van der Waals surface area contributed by atoms with E-state index in [1.165, 1.54) is 0 Å². The van der Waals surface area contributed by atoms with E-state index in [2.05, 4.69) is 40.5 Å². The van der Waals surface area contributed by atoms with Crippen molar-refractivity contribution in [2.75, 3.05) is 5.32 Å². The molecule has 92 valence electrons. The van der Waals surface area contributed by atoms with Gasteiger partial charge in [0.15, 0.2) is 0 Å². The third-order valence-corrected chi connectivity index (χ3v) is 3.85. The first-order valence-electron chi connectivity index (χ1n) is 5.12. The van der Waals surface area contributed by atoms with Crippen LogP contribution in [-0.2, 0) is 0 Å². The minimum atomic E-state index is -0.180. The number of anilines is 1. The van der Waals surface area contributed by atoms with Crippen LogP contribution < -0.4 is 5.32 Å². The van der Waals surface area contributed by atoms with Gasteiger partial charge in [-0.1, -0.05) is 23.7 Å². The van der Waals surface area contributed by atoms with Crippen molar-refractivity contribution in [2.24, 2.45) is 0 Å². The number of benzene rings is 2. The smallest absolute Gasteiger partial charge is 0.256 e. The van der Waals surface area contributed by atoms with Crippen molar-refractivity contribution in [3.8, 4) is 0 Å². The zero-order valence-corrected chi connectivity index (χ0v) is 13.0. The van der Waals surface area contributed by atoms with Gasteiger partial charge in [-0.25, -0.2) is 0 Å². The molecule has 2 rings (SSSR count). The molecule has 1 N–H and O–H groups in total. The highest BCUT2D eigenvalue weighted by atomic mass is 127. The molecule has 0 aliphatic heterocycles. The summed E-state index contributed by atoms with van der Waals surface area (Å²) in [5.74, 6) is -0.180. The van der Waals surface area contributed by atoms with Crippen LogP contribution in [0.1, 0.15) is 10.4 Å². The highest BCUT2D eigenvalue weighted by molar-refractivity contribution is 14.1. The molecule has 0 aromatic heterocycles. The molecule has 2 aromatic carbocycles. The van der Waals surface area contributed by atoms with E-state index in [1.807, 2.05) is 12.1 Å². The van der Waals surface area contributed by atoms with Crippen LogP contribution in [0.15, 0.2) is 47.4 Å². The van der Waals surface area contributed by atoms with Crippen molar-refractivity contribution in [2.45, 2.75) is 4.90 Å². The molecule has 0 saturated carbocycles. The fraction of sp³-hybridized carbons (Fsp3) is 0. The Morgan fingerprint density at radius 1 is 1.22 bits per heavy atom. The Kier molecular flexibility index (Phi) is 4.53. The maximum Gasteiger partial charge on any atom is 0.256 e. The average molecular weight is 390 g/mol. The third-order valence-electron chi connectivity index (χ3n) is 2.33. The summed E-state index contributed by atoms with van der Waals surface area (Å²) in [6.45, 7) is 0. The lowest BCUT2D eigenvalue weighted by Crippen LogP contribution is -2.13. The van der Waals surface area contributed by atoms with Crippen molar-refractivity contribution in [1.82, 2.24) is 0 Å². The van der Waals surface area contributed by atoms with Gasteiger partial charge >= 0.3 is 0 Å². The van der Waals surface area contributed by atoms with E-state index in [1.54, 1.807) is 30.3 Å². The molecule has 0 atom stereocenters. The molecule has 0 fully saturated rings. The minimum Gasteiger partial charge on any atom is -0.321 e. The molecule has 2 aromatic rings. The number of carbonyl (C=O) groups excluding carboxylic acids is 1. The molecule has 0 aliphatic carbocycles. The van der Waals surface area contributed by atoms with E-state index in [4.69, 9.17) is 11.6 Å². The number of hydrogen-bond donors (Lipinski definition) is 2. The lowest BCUT2D eigenvalue weighted by atomic mass is 10.2. The van der Waals surface area contributed by atoms with Gasteiger partial charge in [0.2, 0.25) is 0 Å². The number of halogens is 2. The maximum atomic E-state index is 12.1. The van der Waals surface area contributed by atoms with Gasteiger partial charge in [0.25, 0.3) is 5.91 Å². The van der Waals surface area contributed by atoms with Crippen LogP contribution in [0, 0.1) is 3.57 Å². The summed E-state index contributed by atoms with van der Waals surface area (Å²) in [6.07, 6.45) is 0. The molecule has 2 nitrogen and oxygen atoms in total. The zero-order chi connectivity index (χ0) is 13.1. The fourth-order valence-electron chi connectivity index (χ4n) is 1.45. The van der Waals surface area contributed by atoms with Gasteiger partial charge < -0.3 is 5.32 Å². The first-order chi connectivity index (χ1) is 8.58. The highest BCUT2D eigenvalue weighted by Crippen LogP contribution is 2.23. The lowest BCUT2D eigenvalue weighted by molar-refractivity contribution is 0.102. The van der Waals surface area contributed by atoms with Gasteiger partial charge in [-0.2, -0.15) is 0 Å². The Balaban J connectivity index is 2.24. The summed E-state index contributed by atoms with van der Waals surface area (Å²) in [6, 6.07) is 12.5. The van der Waals surface area contributed by atoms with Gasteiger partial charge in [-0.05, 0) is 52.9 Å². The lowest BCUT2D eigenvalue weighted by Gasteiger charge is -2.09. The van der Waals surface area contributed by atoms with Crippen LogP contribution in [0.5, 0.6) is 0 Å². The van der Waals surface area contributed by atoms with Gasteiger partial charge in [0.05, 0.1) is 11.3 Å². The predicted octanol–water partition coefficient (Wildman–Crippen LogP) is 4.49. The first kappa shape index (κ1) is 13.7. The normalized spacial score (nSPS) is 10.2. The predicted molar refractivity (Wildman–Crippen MR) is 85.8 cm³/mol. The Bertz CT molecular complexity index is 603. The van der Waals surface area contributed by atoms with Gasteiger partial charge in [-0.3, -0.25) is 4.79 Å². The standard InChI is InChI=1S/C13H9ClINOS/c14-8-5-6-11(10(15)7-8)16-13(17)9-3-1-2-4-12(9)18/h1-7,18H,(H,16,17). The van der Waals surface area contributed by atoms with Crippen LogP contribution in [0.25, 0.3) is 0 Å². The molecule has 0 spiro atoms. The van der Waals surface area contributed by atoms with E-state index >= 15 is 0 Å². The molecule has 18 heavy (non-hydrogen) atoms. The number of nitrogens with one attached hydrogen (secondary N) is 1. The molecular weight excluding hydrogens is 381 g/mol. The van der Waals surface area contributed by atoms with Crippen molar-refractivity contribution < 1.29 is 4.79 Å². The van der Waals surface area contributed by atoms with Crippen LogP contribution in [0.3, 0.4) is 0 Å². The largest absolute Gasteiger partial charge is 0.321 e. The summed E-state index contributed by atoms with van der Waals surface area (Å²) >= 11 is 12.3. The molecule has 1 amide bonds. The third kappa shape index (κ3) is 3.18. The van der Waals surface area contributed by atoms with Crippen LogP contribution in [0.4, 0.5) is 5.69 Å². The number of rotatable bonds is 2. The second kappa shape index (κ2) is 5.95. The topological polar surface area (TPSA) is 29.1 Å². The Labute approximate surface area is 129 Å². The molecule has 0 unspecified atom stereocenters. The second-order valence-corrected chi connectivity index (χ2v) is 5.68. The molecule has 0 heterocycles. The van der Waals surface area contributed by atoms with Crippen LogP contribution in [-0.4, -0.2) is 5.91 Å². The number of hydrogen-bond acceptors (Lipinski definition) is 2. The summed E-state index contributed by atoms with van der Waals surface area (Å²) < 4.78 is 0.894. The van der Waals surface area contributed by atoms with Crippen molar-refractivity contribution in [3.05, 3.63) is 56.6 Å². The van der Waals surface area contributed by atoms with Gasteiger partial charge in [-0.15, -0.1) is 12.6 Å². The minimum absolute atomic E-state index is 0.180. The summed E-state index contributed by atoms with van der Waals surface area (Å²) in [5.41, 5.74) is 1.29. The monoisotopic (exact) mass is 389 g/mol. The summed E-state index contributed by atoms with van der Waals surface area (Å²) in [7, 11) is 0. The zero-order valence-electron chi connectivity index (χ0n) is 9.15. The number of amides is 1. The van der Waals surface area contributed by atoms with E-state index in [0.717, 1.165) is 9.26 Å². The number of thiol groups is 1. The van der Waals surface area contributed by atoms with Gasteiger partial charge in [0, 0.05) is 13.5 Å². The Morgan fingerprint density at radius 2 is 1.94 bits per heavy atom. The molecule has 0 bridgehead atoms. The van der Waals surface area contributed by atoms with E-state index < -0.39 is 0 Å². The summed E-state index contributed by atoms with van der Waals surface area (Å²) in [5, 5.41) is 3.49. The van der Waals surface area contributed by atoms with E-state index in [9.17, 15) is 4.79 Å². The van der Waals surface area contributed by atoms with E-state index in [-0.39, 0.29) is 5.91 Å². The average Bonchev–Trinajstić information content (AvgIpc) is 2.33. The fourth-order valence-corrected chi connectivity index (χ4v) is 2.71. The maximum absolute atomic E-state index is 12.1. The second-order valence-electron chi connectivity index (χ2n) is 3.60. The van der Waals surface area contributed by atoms with Crippen LogP contribution in [0.2, 0.25) is 5.02 Å². The summed E-state index contributed by atoms with van der Waals surface area (Å²) in [4.78, 5) is 12.7.